The van der Waals surface area contributed by atoms with E-state index in [1.807, 2.05) is 48.9 Å². The van der Waals surface area contributed by atoms with E-state index in [-0.39, 0.29) is 6.54 Å². The zero-order chi connectivity index (χ0) is 21.6. The summed E-state index contributed by atoms with van der Waals surface area (Å²) < 4.78 is 29.1. The number of rotatable bonds is 8. The van der Waals surface area contributed by atoms with Crippen molar-refractivity contribution < 1.29 is 8.42 Å². The molecule has 0 atom stereocenters. The standard InChI is InChI=1S/C20H26N6O2S2/c1-15-13-16(2)26(25-15)18-8-5-4-7-17(18)14-23-20(21-3)22-10-11-24-30(27,28)19-9-6-12-29-19/h4-9,12-13,24H,10-11,14H2,1-3H3,(H2,21,22,23). The summed E-state index contributed by atoms with van der Waals surface area (Å²) >= 11 is 1.19. The van der Waals surface area contributed by atoms with Crippen LogP contribution in [-0.4, -0.2) is 44.3 Å². The summed E-state index contributed by atoms with van der Waals surface area (Å²) in [5, 5.41) is 12.7. The van der Waals surface area contributed by atoms with E-state index in [2.05, 4.69) is 25.4 Å². The van der Waals surface area contributed by atoms with Crippen LogP contribution in [-0.2, 0) is 16.6 Å². The number of hydrogen-bond donors (Lipinski definition) is 3. The van der Waals surface area contributed by atoms with Gasteiger partial charge in [-0.3, -0.25) is 4.99 Å². The van der Waals surface area contributed by atoms with E-state index in [0.717, 1.165) is 22.6 Å². The first-order chi connectivity index (χ1) is 14.4. The fourth-order valence-electron chi connectivity index (χ4n) is 2.99. The van der Waals surface area contributed by atoms with Gasteiger partial charge >= 0.3 is 0 Å². The van der Waals surface area contributed by atoms with Gasteiger partial charge in [0.15, 0.2) is 5.96 Å². The van der Waals surface area contributed by atoms with Gasteiger partial charge in [0.05, 0.1) is 11.4 Å². The summed E-state index contributed by atoms with van der Waals surface area (Å²) in [6.07, 6.45) is 0. The number of aryl methyl sites for hydroxylation is 2. The minimum Gasteiger partial charge on any atom is -0.355 e. The van der Waals surface area contributed by atoms with Crippen LogP contribution >= 0.6 is 11.3 Å². The SMILES string of the molecule is CN=C(NCCNS(=O)(=O)c1cccs1)NCc1ccccc1-n1nc(C)cc1C. The van der Waals surface area contributed by atoms with Crippen LogP contribution in [0, 0.1) is 13.8 Å². The Morgan fingerprint density at radius 1 is 1.13 bits per heavy atom. The molecule has 0 saturated heterocycles. The molecule has 0 aliphatic heterocycles. The predicted molar refractivity (Wildman–Crippen MR) is 121 cm³/mol. The van der Waals surface area contributed by atoms with E-state index in [9.17, 15) is 8.42 Å². The van der Waals surface area contributed by atoms with Crippen LogP contribution in [0.3, 0.4) is 0 Å². The summed E-state index contributed by atoms with van der Waals surface area (Å²) in [5.41, 5.74) is 4.12. The maximum Gasteiger partial charge on any atom is 0.250 e. The fraction of sp³-hybridized carbons (Fsp3) is 0.300. The van der Waals surface area contributed by atoms with Crippen molar-refractivity contribution in [1.29, 1.82) is 0 Å². The second-order valence-electron chi connectivity index (χ2n) is 6.65. The molecule has 160 valence electrons. The zero-order valence-electron chi connectivity index (χ0n) is 17.2. The van der Waals surface area contributed by atoms with Crippen molar-refractivity contribution in [3.63, 3.8) is 0 Å². The zero-order valence-corrected chi connectivity index (χ0v) is 18.8. The number of para-hydroxylation sites is 1. The molecule has 8 nitrogen and oxygen atoms in total. The highest BCUT2D eigenvalue weighted by Gasteiger charge is 2.14. The molecule has 0 unspecified atom stereocenters. The molecule has 0 amide bonds. The van der Waals surface area contributed by atoms with E-state index in [0.29, 0.717) is 23.3 Å². The highest BCUT2D eigenvalue weighted by molar-refractivity contribution is 7.91. The lowest BCUT2D eigenvalue weighted by atomic mass is 10.1. The van der Waals surface area contributed by atoms with Gasteiger partial charge in [-0.1, -0.05) is 24.3 Å². The molecule has 0 spiro atoms. The number of guanidine groups is 1. The summed E-state index contributed by atoms with van der Waals surface area (Å²) in [5.74, 6) is 0.591. The van der Waals surface area contributed by atoms with E-state index in [1.54, 1.807) is 24.6 Å². The molecule has 0 radical (unpaired) electrons. The fourth-order valence-corrected chi connectivity index (χ4v) is 5.06. The van der Waals surface area contributed by atoms with Gasteiger partial charge in [-0.25, -0.2) is 17.8 Å². The number of nitrogens with zero attached hydrogens (tertiary/aromatic N) is 3. The van der Waals surface area contributed by atoms with E-state index in [4.69, 9.17) is 0 Å². The van der Waals surface area contributed by atoms with Crippen molar-refractivity contribution >= 4 is 27.3 Å². The third-order valence-electron chi connectivity index (χ3n) is 4.37. The van der Waals surface area contributed by atoms with Crippen LogP contribution in [0.25, 0.3) is 5.69 Å². The molecular formula is C20H26N6O2S2. The Morgan fingerprint density at radius 2 is 1.93 bits per heavy atom. The van der Waals surface area contributed by atoms with Gasteiger partial charge in [0.1, 0.15) is 4.21 Å². The second-order valence-corrected chi connectivity index (χ2v) is 9.59. The van der Waals surface area contributed by atoms with Gasteiger partial charge in [0.2, 0.25) is 10.0 Å². The van der Waals surface area contributed by atoms with Crippen molar-refractivity contribution in [2.24, 2.45) is 4.99 Å². The first-order valence-electron chi connectivity index (χ1n) is 9.50. The Labute approximate surface area is 181 Å². The van der Waals surface area contributed by atoms with Gasteiger partial charge in [-0.2, -0.15) is 5.10 Å². The van der Waals surface area contributed by atoms with E-state index < -0.39 is 10.0 Å². The van der Waals surface area contributed by atoms with Crippen molar-refractivity contribution in [2.45, 2.75) is 24.6 Å². The largest absolute Gasteiger partial charge is 0.355 e. The highest BCUT2D eigenvalue weighted by Crippen LogP contribution is 2.17. The number of aromatic nitrogens is 2. The van der Waals surface area contributed by atoms with Crippen LogP contribution in [0.5, 0.6) is 0 Å². The third-order valence-corrected chi connectivity index (χ3v) is 7.23. The predicted octanol–water partition coefficient (Wildman–Crippen LogP) is 2.19. The molecule has 3 rings (SSSR count). The lowest BCUT2D eigenvalue weighted by molar-refractivity contribution is 0.582. The molecule has 3 N–H and O–H groups in total. The number of hydrogen-bond acceptors (Lipinski definition) is 5. The number of aliphatic imine (C=N–C) groups is 1. The lowest BCUT2D eigenvalue weighted by Crippen LogP contribution is -2.41. The smallest absolute Gasteiger partial charge is 0.250 e. The van der Waals surface area contributed by atoms with Crippen molar-refractivity contribution in [3.05, 3.63) is 64.8 Å². The van der Waals surface area contributed by atoms with Crippen LogP contribution in [0.1, 0.15) is 17.0 Å². The van der Waals surface area contributed by atoms with Gasteiger partial charge < -0.3 is 10.6 Å². The van der Waals surface area contributed by atoms with Gasteiger partial charge in [-0.15, -0.1) is 11.3 Å². The minimum absolute atomic E-state index is 0.253. The number of benzene rings is 1. The molecule has 0 bridgehead atoms. The molecular weight excluding hydrogens is 420 g/mol. The van der Waals surface area contributed by atoms with Gasteiger partial charge in [-0.05, 0) is 43.0 Å². The molecule has 0 fully saturated rings. The van der Waals surface area contributed by atoms with Crippen molar-refractivity contribution in [2.75, 3.05) is 20.1 Å². The average Bonchev–Trinajstić information content (AvgIpc) is 3.38. The van der Waals surface area contributed by atoms with Gasteiger partial charge in [0, 0.05) is 32.4 Å². The Hall–Kier alpha value is -2.69. The number of thiophene rings is 1. The summed E-state index contributed by atoms with van der Waals surface area (Å²) in [4.78, 5) is 4.21. The highest BCUT2D eigenvalue weighted by atomic mass is 32.2. The third kappa shape index (κ3) is 5.47. The summed E-state index contributed by atoms with van der Waals surface area (Å²) in [7, 11) is -1.78. The number of nitrogens with one attached hydrogen (secondary N) is 3. The monoisotopic (exact) mass is 446 g/mol. The first kappa shape index (κ1) is 22.0. The maximum absolute atomic E-state index is 12.1. The van der Waals surface area contributed by atoms with Crippen molar-refractivity contribution in [1.82, 2.24) is 25.1 Å². The van der Waals surface area contributed by atoms with Crippen molar-refractivity contribution in [3.8, 4) is 5.69 Å². The Morgan fingerprint density at radius 3 is 2.60 bits per heavy atom. The molecule has 0 aliphatic rings. The molecule has 0 aliphatic carbocycles. The average molecular weight is 447 g/mol. The second kappa shape index (κ2) is 9.88. The molecule has 2 aromatic heterocycles. The Balaban J connectivity index is 1.55. The molecule has 30 heavy (non-hydrogen) atoms. The molecule has 3 aromatic rings. The molecule has 10 heteroatoms. The van der Waals surface area contributed by atoms with E-state index >= 15 is 0 Å². The minimum atomic E-state index is -3.46. The number of sulfonamides is 1. The molecule has 2 heterocycles. The van der Waals surface area contributed by atoms with Crippen LogP contribution in [0.4, 0.5) is 0 Å². The normalized spacial score (nSPS) is 12.2. The van der Waals surface area contributed by atoms with Crippen LogP contribution in [0.2, 0.25) is 0 Å². The van der Waals surface area contributed by atoms with Crippen LogP contribution in [0.15, 0.2) is 57.0 Å². The van der Waals surface area contributed by atoms with Crippen LogP contribution < -0.4 is 15.4 Å². The summed E-state index contributed by atoms with van der Waals surface area (Å²) in [6, 6.07) is 13.4. The van der Waals surface area contributed by atoms with Gasteiger partial charge in [0.25, 0.3) is 0 Å². The quantitative estimate of drug-likeness (QED) is 0.280. The first-order valence-corrected chi connectivity index (χ1v) is 11.9. The maximum atomic E-state index is 12.1. The summed E-state index contributed by atoms with van der Waals surface area (Å²) in [6.45, 7) is 5.21. The lowest BCUT2D eigenvalue weighted by Gasteiger charge is -2.15. The molecule has 1 aromatic carbocycles. The molecule has 0 saturated carbocycles. The Bertz CT molecular complexity index is 1100. The van der Waals surface area contributed by atoms with E-state index in [1.165, 1.54) is 11.3 Å². The Kier molecular flexibility index (Phi) is 7.24. The topological polar surface area (TPSA) is 100 Å².